The Morgan fingerprint density at radius 3 is 2.13 bits per heavy atom. The molecule has 0 aliphatic carbocycles. The van der Waals surface area contributed by atoms with Gasteiger partial charge in [-0.15, -0.1) is 0 Å². The summed E-state index contributed by atoms with van der Waals surface area (Å²) < 4.78 is 18.7. The zero-order chi connectivity index (χ0) is 21.3. The summed E-state index contributed by atoms with van der Waals surface area (Å²) in [7, 11) is 0. The van der Waals surface area contributed by atoms with Crippen LogP contribution in [-0.4, -0.2) is 17.9 Å². The fourth-order valence-electron chi connectivity index (χ4n) is 2.95. The van der Waals surface area contributed by atoms with Gasteiger partial charge in [-0.1, -0.05) is 54.6 Å². The molecule has 0 saturated heterocycles. The molecule has 0 fully saturated rings. The number of rotatable bonds is 9. The number of primary amides is 1. The maximum atomic E-state index is 13.0. The second kappa shape index (κ2) is 10.2. The van der Waals surface area contributed by atoms with E-state index in [1.165, 1.54) is 24.3 Å². The van der Waals surface area contributed by atoms with E-state index in [0.717, 1.165) is 11.1 Å². The molecule has 30 heavy (non-hydrogen) atoms. The molecule has 0 saturated carbocycles. The van der Waals surface area contributed by atoms with Crippen LogP contribution in [0.2, 0.25) is 0 Å². The number of carbonyl (C=O) groups excluding carboxylic acids is 2. The second-order valence-corrected chi connectivity index (χ2v) is 6.95. The van der Waals surface area contributed by atoms with E-state index in [1.54, 1.807) is 0 Å². The molecule has 0 bridgehead atoms. The number of benzene rings is 3. The van der Waals surface area contributed by atoms with Gasteiger partial charge in [0.05, 0.1) is 6.42 Å². The highest BCUT2D eigenvalue weighted by Crippen LogP contribution is 2.15. The van der Waals surface area contributed by atoms with E-state index in [9.17, 15) is 14.0 Å². The van der Waals surface area contributed by atoms with Crippen molar-refractivity contribution in [1.29, 1.82) is 0 Å². The highest BCUT2D eigenvalue weighted by atomic mass is 19.1. The summed E-state index contributed by atoms with van der Waals surface area (Å²) in [6.07, 6.45) is 0.305. The molecule has 3 rings (SSSR count). The molecular formula is C24H23FN2O3. The summed E-state index contributed by atoms with van der Waals surface area (Å²) in [6.45, 7) is 0.462. The third-order valence-electron chi connectivity index (χ3n) is 4.57. The Balaban J connectivity index is 1.54. The Hall–Kier alpha value is -3.67. The van der Waals surface area contributed by atoms with Gasteiger partial charge >= 0.3 is 0 Å². The molecule has 0 spiro atoms. The molecule has 1 atom stereocenters. The number of amides is 2. The van der Waals surface area contributed by atoms with Gasteiger partial charge < -0.3 is 15.8 Å². The third kappa shape index (κ3) is 6.44. The highest BCUT2D eigenvalue weighted by molar-refractivity contribution is 5.87. The van der Waals surface area contributed by atoms with Crippen LogP contribution in [0.3, 0.4) is 0 Å². The lowest BCUT2D eigenvalue weighted by Crippen LogP contribution is -2.46. The zero-order valence-electron chi connectivity index (χ0n) is 16.4. The van der Waals surface area contributed by atoms with Crippen molar-refractivity contribution in [1.82, 2.24) is 5.32 Å². The minimum atomic E-state index is -0.839. The number of nitrogens with two attached hydrogens (primary N) is 1. The van der Waals surface area contributed by atoms with Crippen molar-refractivity contribution >= 4 is 11.8 Å². The largest absolute Gasteiger partial charge is 0.489 e. The standard InChI is InChI=1S/C24H23FN2O3/c25-20-10-6-18(7-11-20)15-23(28)27-22(24(26)29)14-17-8-12-21(13-9-17)30-16-19-4-2-1-3-5-19/h1-13,22H,14-16H2,(H2,26,29)(H,27,28)/t22-/m0/s1. The van der Waals surface area contributed by atoms with Crippen LogP contribution in [0.15, 0.2) is 78.9 Å². The van der Waals surface area contributed by atoms with Crippen molar-refractivity contribution in [2.75, 3.05) is 0 Å². The van der Waals surface area contributed by atoms with Gasteiger partial charge in [0.1, 0.15) is 24.2 Å². The number of hydrogen-bond acceptors (Lipinski definition) is 3. The van der Waals surface area contributed by atoms with E-state index in [2.05, 4.69) is 5.32 Å². The lowest BCUT2D eigenvalue weighted by atomic mass is 10.0. The minimum absolute atomic E-state index is 0.0380. The van der Waals surface area contributed by atoms with Crippen molar-refractivity contribution in [3.63, 3.8) is 0 Å². The molecule has 3 aromatic rings. The molecule has 6 heteroatoms. The highest BCUT2D eigenvalue weighted by Gasteiger charge is 2.19. The predicted octanol–water partition coefficient (Wildman–Crippen LogP) is 3.16. The molecule has 2 amide bonds. The summed E-state index contributed by atoms with van der Waals surface area (Å²) in [5.41, 5.74) is 8.02. The van der Waals surface area contributed by atoms with Crippen molar-refractivity contribution in [2.24, 2.45) is 5.73 Å². The molecule has 0 heterocycles. The molecular weight excluding hydrogens is 383 g/mol. The lowest BCUT2D eigenvalue weighted by molar-refractivity contribution is -0.127. The molecule has 0 aliphatic rings. The summed E-state index contributed by atoms with van der Waals surface area (Å²) in [5.74, 6) is -0.635. The number of nitrogens with one attached hydrogen (secondary N) is 1. The first kappa shape index (κ1) is 21.0. The fraction of sp³-hybridized carbons (Fsp3) is 0.167. The zero-order valence-corrected chi connectivity index (χ0v) is 16.4. The summed E-state index contributed by atoms with van der Waals surface area (Å²) in [6, 6.07) is 21.9. The van der Waals surface area contributed by atoms with Crippen LogP contribution in [0, 0.1) is 5.82 Å². The molecule has 3 N–H and O–H groups in total. The number of halogens is 1. The lowest BCUT2D eigenvalue weighted by Gasteiger charge is -2.16. The normalized spacial score (nSPS) is 11.5. The van der Waals surface area contributed by atoms with Crippen LogP contribution in [0.25, 0.3) is 0 Å². The Morgan fingerprint density at radius 2 is 1.50 bits per heavy atom. The van der Waals surface area contributed by atoms with Gasteiger partial charge in [0, 0.05) is 6.42 Å². The molecule has 0 radical (unpaired) electrons. The van der Waals surface area contributed by atoms with Gasteiger partial charge in [0.2, 0.25) is 11.8 Å². The van der Waals surface area contributed by atoms with E-state index < -0.39 is 11.9 Å². The van der Waals surface area contributed by atoms with E-state index in [4.69, 9.17) is 10.5 Å². The van der Waals surface area contributed by atoms with Crippen LogP contribution in [0.5, 0.6) is 5.75 Å². The Bertz CT molecular complexity index is 974. The quantitative estimate of drug-likeness (QED) is 0.573. The topological polar surface area (TPSA) is 81.4 Å². The first-order valence-corrected chi connectivity index (χ1v) is 9.58. The SMILES string of the molecule is NC(=O)[C@H](Cc1ccc(OCc2ccccc2)cc1)NC(=O)Cc1ccc(F)cc1. The van der Waals surface area contributed by atoms with Crippen molar-refractivity contribution in [2.45, 2.75) is 25.5 Å². The van der Waals surface area contributed by atoms with Gasteiger partial charge in [0.15, 0.2) is 0 Å². The molecule has 5 nitrogen and oxygen atoms in total. The van der Waals surface area contributed by atoms with Gasteiger partial charge in [-0.2, -0.15) is 0 Å². The Morgan fingerprint density at radius 1 is 0.867 bits per heavy atom. The number of hydrogen-bond donors (Lipinski definition) is 2. The van der Waals surface area contributed by atoms with E-state index in [-0.39, 0.29) is 24.6 Å². The Labute approximate surface area is 174 Å². The van der Waals surface area contributed by atoms with Crippen LogP contribution >= 0.6 is 0 Å². The van der Waals surface area contributed by atoms with Crippen LogP contribution in [0.1, 0.15) is 16.7 Å². The fourth-order valence-corrected chi connectivity index (χ4v) is 2.95. The molecule has 0 aromatic heterocycles. The number of ether oxygens (including phenoxy) is 1. The van der Waals surface area contributed by atoms with Crippen molar-refractivity contribution in [3.8, 4) is 5.75 Å². The smallest absolute Gasteiger partial charge is 0.240 e. The van der Waals surface area contributed by atoms with Gasteiger partial charge in [-0.3, -0.25) is 9.59 Å². The third-order valence-corrected chi connectivity index (χ3v) is 4.57. The van der Waals surface area contributed by atoms with Crippen molar-refractivity contribution in [3.05, 3.63) is 101 Å². The predicted molar refractivity (Wildman–Crippen MR) is 112 cm³/mol. The average Bonchev–Trinajstić information content (AvgIpc) is 2.75. The van der Waals surface area contributed by atoms with Gasteiger partial charge in [-0.05, 0) is 41.0 Å². The second-order valence-electron chi connectivity index (χ2n) is 6.95. The first-order valence-electron chi connectivity index (χ1n) is 9.58. The summed E-state index contributed by atoms with van der Waals surface area (Å²) in [4.78, 5) is 24.0. The van der Waals surface area contributed by atoms with Crippen LogP contribution in [-0.2, 0) is 29.0 Å². The van der Waals surface area contributed by atoms with E-state index in [0.29, 0.717) is 17.9 Å². The average molecular weight is 406 g/mol. The maximum absolute atomic E-state index is 13.0. The first-order chi connectivity index (χ1) is 14.5. The summed E-state index contributed by atoms with van der Waals surface area (Å²) in [5, 5.41) is 2.65. The van der Waals surface area contributed by atoms with Gasteiger partial charge in [0.25, 0.3) is 0 Å². The molecule has 0 unspecified atom stereocenters. The maximum Gasteiger partial charge on any atom is 0.240 e. The van der Waals surface area contributed by atoms with Gasteiger partial charge in [-0.25, -0.2) is 4.39 Å². The summed E-state index contributed by atoms with van der Waals surface area (Å²) >= 11 is 0. The molecule has 3 aromatic carbocycles. The number of carbonyl (C=O) groups is 2. The monoisotopic (exact) mass is 406 g/mol. The van der Waals surface area contributed by atoms with Crippen molar-refractivity contribution < 1.29 is 18.7 Å². The molecule has 0 aliphatic heterocycles. The Kier molecular flexibility index (Phi) is 7.16. The van der Waals surface area contributed by atoms with E-state index in [1.807, 2.05) is 54.6 Å². The molecule has 154 valence electrons. The van der Waals surface area contributed by atoms with Crippen LogP contribution in [0.4, 0.5) is 4.39 Å². The van der Waals surface area contributed by atoms with Crippen LogP contribution < -0.4 is 15.8 Å². The van der Waals surface area contributed by atoms with E-state index >= 15 is 0 Å². The minimum Gasteiger partial charge on any atom is -0.489 e.